The Balaban J connectivity index is 1.46. The van der Waals surface area contributed by atoms with Crippen molar-refractivity contribution in [1.82, 2.24) is 5.32 Å². The molecule has 3 aromatic carbocycles. The minimum absolute atomic E-state index is 0.165. The SMILES string of the molecule is CCCCCCc1ccc(C(=O)Nc2ccc(N3CCN(c4ccccc4OC)CC3)c(C(=O)NCCCOC)c2)cc1. The molecule has 3 aromatic rings. The van der Waals surface area contributed by atoms with E-state index in [0.29, 0.717) is 30.0 Å². The number of unbranched alkanes of at least 4 members (excludes halogenated alkanes) is 3. The molecular weight excluding hydrogens is 540 g/mol. The topological polar surface area (TPSA) is 83.1 Å². The molecule has 230 valence electrons. The minimum Gasteiger partial charge on any atom is -0.495 e. The smallest absolute Gasteiger partial charge is 0.255 e. The summed E-state index contributed by atoms with van der Waals surface area (Å²) >= 11 is 0. The van der Waals surface area contributed by atoms with Gasteiger partial charge in [0.1, 0.15) is 5.75 Å². The highest BCUT2D eigenvalue weighted by Crippen LogP contribution is 2.31. The normalized spacial score (nSPS) is 13.1. The van der Waals surface area contributed by atoms with Crippen LogP contribution in [0.1, 0.15) is 65.3 Å². The summed E-state index contributed by atoms with van der Waals surface area (Å²) in [4.78, 5) is 31.1. The molecular formula is C35H46N4O4. The Morgan fingerprint density at radius 3 is 2.21 bits per heavy atom. The van der Waals surface area contributed by atoms with Crippen LogP contribution in [0.15, 0.2) is 66.7 Å². The number of anilines is 3. The van der Waals surface area contributed by atoms with Crippen LogP contribution in [0.25, 0.3) is 0 Å². The van der Waals surface area contributed by atoms with Gasteiger partial charge in [0.25, 0.3) is 11.8 Å². The van der Waals surface area contributed by atoms with E-state index in [1.54, 1.807) is 20.3 Å². The number of rotatable bonds is 15. The lowest BCUT2D eigenvalue weighted by Gasteiger charge is -2.38. The summed E-state index contributed by atoms with van der Waals surface area (Å²) in [5.41, 5.74) is 4.91. The monoisotopic (exact) mass is 586 g/mol. The van der Waals surface area contributed by atoms with E-state index in [-0.39, 0.29) is 11.8 Å². The van der Waals surface area contributed by atoms with Crippen molar-refractivity contribution in [2.45, 2.75) is 45.4 Å². The van der Waals surface area contributed by atoms with E-state index in [2.05, 4.69) is 33.4 Å². The molecule has 1 aliphatic heterocycles. The first-order chi connectivity index (χ1) is 21.0. The second-order valence-corrected chi connectivity index (χ2v) is 10.9. The number of aryl methyl sites for hydroxylation is 1. The molecule has 0 bridgehead atoms. The fraction of sp³-hybridized carbons (Fsp3) is 0.429. The average molecular weight is 587 g/mol. The van der Waals surface area contributed by atoms with Gasteiger partial charge in [0.2, 0.25) is 0 Å². The zero-order chi connectivity index (χ0) is 30.4. The van der Waals surface area contributed by atoms with Gasteiger partial charge in [-0.3, -0.25) is 9.59 Å². The van der Waals surface area contributed by atoms with Crippen LogP contribution in [0, 0.1) is 0 Å². The third-order valence-corrected chi connectivity index (χ3v) is 7.89. The Morgan fingerprint density at radius 1 is 0.791 bits per heavy atom. The predicted octanol–water partition coefficient (Wildman–Crippen LogP) is 6.16. The van der Waals surface area contributed by atoms with Crippen LogP contribution in [0.4, 0.5) is 17.1 Å². The van der Waals surface area contributed by atoms with Crippen LogP contribution in [0.5, 0.6) is 5.75 Å². The zero-order valence-corrected chi connectivity index (χ0v) is 25.9. The first-order valence-electron chi connectivity index (χ1n) is 15.5. The number of nitrogens with zero attached hydrogens (tertiary/aromatic N) is 2. The maximum atomic E-state index is 13.4. The molecule has 0 spiro atoms. The minimum atomic E-state index is -0.192. The summed E-state index contributed by atoms with van der Waals surface area (Å²) < 4.78 is 10.7. The molecule has 0 aliphatic carbocycles. The quantitative estimate of drug-likeness (QED) is 0.208. The fourth-order valence-corrected chi connectivity index (χ4v) is 5.45. The van der Waals surface area contributed by atoms with Gasteiger partial charge < -0.3 is 29.9 Å². The Morgan fingerprint density at radius 2 is 1.51 bits per heavy atom. The molecule has 43 heavy (non-hydrogen) atoms. The van der Waals surface area contributed by atoms with Gasteiger partial charge in [0, 0.05) is 63.4 Å². The summed E-state index contributed by atoms with van der Waals surface area (Å²) in [5.74, 6) is 0.498. The van der Waals surface area contributed by atoms with E-state index in [9.17, 15) is 9.59 Å². The van der Waals surface area contributed by atoms with Crippen LogP contribution >= 0.6 is 0 Å². The number of ether oxygens (including phenoxy) is 2. The average Bonchev–Trinajstić information content (AvgIpc) is 3.05. The van der Waals surface area contributed by atoms with Crippen LogP contribution < -0.4 is 25.2 Å². The van der Waals surface area contributed by atoms with Gasteiger partial charge in [-0.25, -0.2) is 0 Å². The second kappa shape index (κ2) is 16.6. The summed E-state index contributed by atoms with van der Waals surface area (Å²) in [5, 5.41) is 6.02. The van der Waals surface area contributed by atoms with Gasteiger partial charge in [0.15, 0.2) is 0 Å². The second-order valence-electron chi connectivity index (χ2n) is 10.9. The largest absolute Gasteiger partial charge is 0.495 e. The lowest BCUT2D eigenvalue weighted by atomic mass is 10.0. The van der Waals surface area contributed by atoms with Crippen molar-refractivity contribution in [3.8, 4) is 5.75 Å². The molecule has 2 N–H and O–H groups in total. The van der Waals surface area contributed by atoms with Crippen LogP contribution in [0.2, 0.25) is 0 Å². The number of nitrogens with one attached hydrogen (secondary N) is 2. The van der Waals surface area contributed by atoms with E-state index in [1.807, 2.05) is 54.6 Å². The summed E-state index contributed by atoms with van der Waals surface area (Å²) in [6, 6.07) is 21.5. The van der Waals surface area contributed by atoms with E-state index in [0.717, 1.165) is 62.6 Å². The number of methoxy groups -OCH3 is 2. The van der Waals surface area contributed by atoms with E-state index in [1.165, 1.54) is 24.8 Å². The van der Waals surface area contributed by atoms with Crippen LogP contribution in [-0.4, -0.2) is 65.4 Å². The summed E-state index contributed by atoms with van der Waals surface area (Å²) in [6.07, 6.45) is 6.62. The highest BCUT2D eigenvalue weighted by Gasteiger charge is 2.24. The predicted molar refractivity (Wildman–Crippen MR) is 175 cm³/mol. The number of amides is 2. The zero-order valence-electron chi connectivity index (χ0n) is 25.9. The Bertz CT molecular complexity index is 1320. The highest BCUT2D eigenvalue weighted by molar-refractivity contribution is 6.06. The molecule has 1 fully saturated rings. The number of piperazine rings is 1. The first kappa shape index (κ1) is 31.9. The molecule has 0 unspecified atom stereocenters. The van der Waals surface area contributed by atoms with E-state index < -0.39 is 0 Å². The van der Waals surface area contributed by atoms with Gasteiger partial charge >= 0.3 is 0 Å². The molecule has 1 heterocycles. The maximum absolute atomic E-state index is 13.4. The van der Waals surface area contributed by atoms with Crippen molar-refractivity contribution in [2.24, 2.45) is 0 Å². The van der Waals surface area contributed by atoms with E-state index >= 15 is 0 Å². The number of para-hydroxylation sites is 2. The molecule has 1 saturated heterocycles. The van der Waals surface area contributed by atoms with Crippen molar-refractivity contribution in [3.63, 3.8) is 0 Å². The van der Waals surface area contributed by atoms with Gasteiger partial charge in [-0.2, -0.15) is 0 Å². The third-order valence-electron chi connectivity index (χ3n) is 7.89. The maximum Gasteiger partial charge on any atom is 0.255 e. The van der Waals surface area contributed by atoms with Crippen LogP contribution in [-0.2, 0) is 11.2 Å². The lowest BCUT2D eigenvalue weighted by Crippen LogP contribution is -2.47. The molecule has 2 amide bonds. The van der Waals surface area contributed by atoms with Gasteiger partial charge in [-0.05, 0) is 67.3 Å². The molecule has 0 atom stereocenters. The Labute approximate surface area is 256 Å². The number of carbonyl (C=O) groups excluding carboxylic acids is 2. The van der Waals surface area contributed by atoms with Crippen molar-refractivity contribution in [2.75, 3.05) is 68.7 Å². The third kappa shape index (κ3) is 8.97. The van der Waals surface area contributed by atoms with Crippen molar-refractivity contribution < 1.29 is 19.1 Å². The molecule has 0 saturated carbocycles. The molecule has 1 aliphatic rings. The van der Waals surface area contributed by atoms with Gasteiger partial charge in [0.05, 0.1) is 18.4 Å². The van der Waals surface area contributed by atoms with Crippen molar-refractivity contribution >= 4 is 28.9 Å². The molecule has 4 rings (SSSR count). The number of benzene rings is 3. The number of carbonyl (C=O) groups is 2. The van der Waals surface area contributed by atoms with Crippen molar-refractivity contribution in [1.29, 1.82) is 0 Å². The fourth-order valence-electron chi connectivity index (χ4n) is 5.45. The van der Waals surface area contributed by atoms with Gasteiger partial charge in [-0.1, -0.05) is 50.5 Å². The van der Waals surface area contributed by atoms with Crippen LogP contribution in [0.3, 0.4) is 0 Å². The highest BCUT2D eigenvalue weighted by atomic mass is 16.5. The van der Waals surface area contributed by atoms with Crippen molar-refractivity contribution in [3.05, 3.63) is 83.4 Å². The molecule has 8 heteroatoms. The molecule has 0 aromatic heterocycles. The molecule has 0 radical (unpaired) electrons. The number of hydrogen-bond donors (Lipinski definition) is 2. The standard InChI is InChI=1S/C35H46N4O4/c1-4-5-6-7-11-27-14-16-28(17-15-27)34(40)37-29-18-19-31(30(26-29)35(41)36-20-10-25-42-2)38-21-23-39(24-22-38)32-12-8-9-13-33(32)43-3/h8-9,12-19,26H,4-7,10-11,20-25H2,1-3H3,(H,36,41)(H,37,40). The lowest BCUT2D eigenvalue weighted by molar-refractivity contribution is 0.0947. The number of hydrogen-bond acceptors (Lipinski definition) is 6. The van der Waals surface area contributed by atoms with E-state index in [4.69, 9.17) is 9.47 Å². The summed E-state index contributed by atoms with van der Waals surface area (Å²) in [7, 11) is 3.34. The molecule has 8 nitrogen and oxygen atoms in total. The van der Waals surface area contributed by atoms with Gasteiger partial charge in [-0.15, -0.1) is 0 Å². The summed E-state index contributed by atoms with van der Waals surface area (Å²) in [6.45, 7) is 6.38. The Kier molecular flexibility index (Phi) is 12.3. The Hall–Kier alpha value is -4.04. The first-order valence-corrected chi connectivity index (χ1v) is 15.5.